The lowest BCUT2D eigenvalue weighted by molar-refractivity contribution is -0.116. The molecule has 0 saturated carbocycles. The van der Waals surface area contributed by atoms with Crippen molar-refractivity contribution >= 4 is 27.5 Å². The lowest BCUT2D eigenvalue weighted by Gasteiger charge is -2.15. The summed E-state index contributed by atoms with van der Waals surface area (Å²) in [5.74, 6) is 0.871. The SMILES string of the molecule is COc1cc(C)ccc1NC(=O)[C@@H](Br)C(C)C. The van der Waals surface area contributed by atoms with Crippen molar-refractivity contribution in [1.82, 2.24) is 0 Å². The molecule has 1 aromatic carbocycles. The van der Waals surface area contributed by atoms with Gasteiger partial charge in [0.05, 0.1) is 17.6 Å². The van der Waals surface area contributed by atoms with E-state index >= 15 is 0 Å². The molecule has 1 aromatic rings. The second-order valence-corrected chi connectivity index (χ2v) is 5.33. The molecule has 0 saturated heterocycles. The summed E-state index contributed by atoms with van der Waals surface area (Å²) >= 11 is 3.37. The van der Waals surface area contributed by atoms with Crippen LogP contribution in [0.15, 0.2) is 18.2 Å². The van der Waals surface area contributed by atoms with Crippen molar-refractivity contribution in [3.8, 4) is 5.75 Å². The number of benzene rings is 1. The molecule has 1 amide bonds. The van der Waals surface area contributed by atoms with E-state index in [1.54, 1.807) is 7.11 Å². The van der Waals surface area contributed by atoms with Crippen LogP contribution >= 0.6 is 15.9 Å². The lowest BCUT2D eigenvalue weighted by atomic mass is 10.1. The fraction of sp³-hybridized carbons (Fsp3) is 0.462. The molecule has 4 heteroatoms. The summed E-state index contributed by atoms with van der Waals surface area (Å²) in [7, 11) is 1.60. The number of hydrogen-bond donors (Lipinski definition) is 1. The van der Waals surface area contributed by atoms with Crippen LogP contribution in [0, 0.1) is 12.8 Å². The number of alkyl halides is 1. The van der Waals surface area contributed by atoms with Crippen LogP contribution in [0.3, 0.4) is 0 Å². The molecule has 1 atom stereocenters. The maximum absolute atomic E-state index is 11.9. The van der Waals surface area contributed by atoms with Gasteiger partial charge >= 0.3 is 0 Å². The van der Waals surface area contributed by atoms with E-state index in [4.69, 9.17) is 4.74 Å². The van der Waals surface area contributed by atoms with Crippen LogP contribution in [0.5, 0.6) is 5.75 Å². The molecule has 0 radical (unpaired) electrons. The topological polar surface area (TPSA) is 38.3 Å². The average molecular weight is 300 g/mol. The molecule has 0 unspecified atom stereocenters. The van der Waals surface area contributed by atoms with Gasteiger partial charge in [-0.25, -0.2) is 0 Å². The van der Waals surface area contributed by atoms with Gasteiger partial charge in [0.25, 0.3) is 0 Å². The molecule has 0 spiro atoms. The third-order valence-electron chi connectivity index (χ3n) is 2.45. The minimum atomic E-state index is -0.200. The summed E-state index contributed by atoms with van der Waals surface area (Å²) in [5, 5.41) is 2.86. The zero-order valence-electron chi connectivity index (χ0n) is 10.6. The second-order valence-electron chi connectivity index (χ2n) is 4.34. The molecule has 17 heavy (non-hydrogen) atoms. The van der Waals surface area contributed by atoms with Gasteiger partial charge in [-0.3, -0.25) is 4.79 Å². The Morgan fingerprint density at radius 1 is 1.41 bits per heavy atom. The van der Waals surface area contributed by atoms with Crippen LogP contribution in [0.1, 0.15) is 19.4 Å². The van der Waals surface area contributed by atoms with Crippen LogP contribution in [0.4, 0.5) is 5.69 Å². The Kier molecular flexibility index (Phi) is 5.00. The number of methoxy groups -OCH3 is 1. The lowest BCUT2D eigenvalue weighted by Crippen LogP contribution is -2.27. The van der Waals surface area contributed by atoms with Gasteiger partial charge in [-0.2, -0.15) is 0 Å². The molecule has 0 aromatic heterocycles. The predicted octanol–water partition coefficient (Wildman–Crippen LogP) is 3.36. The predicted molar refractivity (Wildman–Crippen MR) is 73.9 cm³/mol. The normalized spacial score (nSPS) is 12.4. The van der Waals surface area contributed by atoms with Crippen molar-refractivity contribution in [1.29, 1.82) is 0 Å². The molecule has 0 aliphatic heterocycles. The van der Waals surface area contributed by atoms with Crippen LogP contribution < -0.4 is 10.1 Å². The first kappa shape index (κ1) is 14.0. The average Bonchev–Trinajstić information content (AvgIpc) is 2.30. The van der Waals surface area contributed by atoms with Crippen LogP contribution in [0.25, 0.3) is 0 Å². The van der Waals surface area contributed by atoms with Gasteiger partial charge in [0, 0.05) is 0 Å². The standard InChI is InChI=1S/C13H18BrNO2/c1-8(2)12(14)13(16)15-10-6-5-9(3)7-11(10)17-4/h5-8,12H,1-4H3,(H,15,16)/t12-/m0/s1. The number of ether oxygens (including phenoxy) is 1. The van der Waals surface area contributed by atoms with Gasteiger partial charge in [-0.1, -0.05) is 35.8 Å². The molecule has 0 aliphatic rings. The molecule has 94 valence electrons. The monoisotopic (exact) mass is 299 g/mol. The summed E-state index contributed by atoms with van der Waals surface area (Å²) in [6.07, 6.45) is 0. The van der Waals surface area contributed by atoms with Crippen molar-refractivity contribution in [2.24, 2.45) is 5.92 Å². The van der Waals surface area contributed by atoms with E-state index in [-0.39, 0.29) is 16.7 Å². The number of halogens is 1. The van der Waals surface area contributed by atoms with Gasteiger partial charge < -0.3 is 10.1 Å². The molecular weight excluding hydrogens is 282 g/mol. The zero-order valence-corrected chi connectivity index (χ0v) is 12.2. The molecule has 1 N–H and O–H groups in total. The van der Waals surface area contributed by atoms with E-state index in [0.29, 0.717) is 11.4 Å². The number of nitrogens with one attached hydrogen (secondary N) is 1. The minimum Gasteiger partial charge on any atom is -0.495 e. The first-order valence-electron chi connectivity index (χ1n) is 5.55. The van der Waals surface area contributed by atoms with E-state index in [2.05, 4.69) is 21.2 Å². The molecule has 0 fully saturated rings. The van der Waals surface area contributed by atoms with E-state index in [0.717, 1.165) is 5.56 Å². The Hall–Kier alpha value is -1.03. The highest BCUT2D eigenvalue weighted by Gasteiger charge is 2.19. The van der Waals surface area contributed by atoms with Crippen molar-refractivity contribution < 1.29 is 9.53 Å². The maximum Gasteiger partial charge on any atom is 0.238 e. The summed E-state index contributed by atoms with van der Waals surface area (Å²) in [6, 6.07) is 5.69. The fourth-order valence-electron chi connectivity index (χ4n) is 1.41. The van der Waals surface area contributed by atoms with Gasteiger partial charge in [-0.15, -0.1) is 0 Å². The highest BCUT2D eigenvalue weighted by molar-refractivity contribution is 9.10. The number of carbonyl (C=O) groups is 1. The molecule has 0 heterocycles. The maximum atomic E-state index is 11.9. The van der Waals surface area contributed by atoms with Crippen molar-refractivity contribution in [3.63, 3.8) is 0 Å². The Balaban J connectivity index is 2.84. The Morgan fingerprint density at radius 3 is 2.59 bits per heavy atom. The van der Waals surface area contributed by atoms with Gasteiger partial charge in [0.1, 0.15) is 5.75 Å². The third kappa shape index (κ3) is 3.73. The fourth-order valence-corrected chi connectivity index (χ4v) is 1.52. The smallest absolute Gasteiger partial charge is 0.238 e. The molecular formula is C13H18BrNO2. The number of carbonyl (C=O) groups excluding carboxylic acids is 1. The number of aryl methyl sites for hydroxylation is 1. The first-order valence-corrected chi connectivity index (χ1v) is 6.47. The molecule has 0 aliphatic carbocycles. The summed E-state index contributed by atoms with van der Waals surface area (Å²) in [4.78, 5) is 11.7. The highest BCUT2D eigenvalue weighted by Crippen LogP contribution is 2.26. The zero-order chi connectivity index (χ0) is 13.0. The summed E-state index contributed by atoms with van der Waals surface area (Å²) in [5.41, 5.74) is 1.80. The Morgan fingerprint density at radius 2 is 2.06 bits per heavy atom. The first-order chi connectivity index (χ1) is 7.95. The second kappa shape index (κ2) is 6.05. The number of amides is 1. The van der Waals surface area contributed by atoms with E-state index in [1.807, 2.05) is 39.0 Å². The van der Waals surface area contributed by atoms with Gasteiger partial charge in [0.2, 0.25) is 5.91 Å². The van der Waals surface area contributed by atoms with Crippen molar-refractivity contribution in [2.75, 3.05) is 12.4 Å². The summed E-state index contributed by atoms with van der Waals surface area (Å²) < 4.78 is 5.24. The molecule has 0 bridgehead atoms. The van der Waals surface area contributed by atoms with Gasteiger partial charge in [0.15, 0.2) is 0 Å². The van der Waals surface area contributed by atoms with Crippen LogP contribution in [-0.4, -0.2) is 17.8 Å². The largest absolute Gasteiger partial charge is 0.495 e. The minimum absolute atomic E-state index is 0.0536. The Bertz CT molecular complexity index is 404. The number of rotatable bonds is 4. The molecule has 3 nitrogen and oxygen atoms in total. The van der Waals surface area contributed by atoms with Gasteiger partial charge in [-0.05, 0) is 30.5 Å². The van der Waals surface area contributed by atoms with E-state index in [1.165, 1.54) is 0 Å². The highest BCUT2D eigenvalue weighted by atomic mass is 79.9. The van der Waals surface area contributed by atoms with Crippen molar-refractivity contribution in [3.05, 3.63) is 23.8 Å². The van der Waals surface area contributed by atoms with Crippen LogP contribution in [0.2, 0.25) is 0 Å². The van der Waals surface area contributed by atoms with E-state index in [9.17, 15) is 4.79 Å². The number of hydrogen-bond acceptors (Lipinski definition) is 2. The van der Waals surface area contributed by atoms with Crippen molar-refractivity contribution in [2.45, 2.75) is 25.6 Å². The summed E-state index contributed by atoms with van der Waals surface area (Å²) in [6.45, 7) is 5.96. The third-order valence-corrected chi connectivity index (χ3v) is 3.92. The quantitative estimate of drug-likeness (QED) is 0.866. The van der Waals surface area contributed by atoms with E-state index < -0.39 is 0 Å². The van der Waals surface area contributed by atoms with Crippen LogP contribution in [-0.2, 0) is 4.79 Å². The molecule has 1 rings (SSSR count). The Labute approximate surface area is 111 Å². The number of anilines is 1.